The zero-order valence-corrected chi connectivity index (χ0v) is 21.6. The summed E-state index contributed by atoms with van der Waals surface area (Å²) in [5.74, 6) is 1.04. The second-order valence-electron chi connectivity index (χ2n) is 12.2. The SMILES string of the molecule is CN(C(=O)OC(C)(C)C)[C@@H](CC(C)(C)C)C(=O)N[C@H]1CC[C@@H]2CN(Cc3ccccc3)C[C@@H]21. The van der Waals surface area contributed by atoms with Gasteiger partial charge in [0.2, 0.25) is 5.91 Å². The molecular weight excluding hydrogens is 414 g/mol. The fourth-order valence-electron chi connectivity index (χ4n) is 5.23. The highest BCUT2D eigenvalue weighted by Gasteiger charge is 2.44. The number of hydrogen-bond donors (Lipinski definition) is 1. The quantitative estimate of drug-likeness (QED) is 0.673. The molecule has 1 aromatic carbocycles. The van der Waals surface area contributed by atoms with Crippen molar-refractivity contribution in [1.82, 2.24) is 15.1 Å². The number of ether oxygens (including phenoxy) is 1. The van der Waals surface area contributed by atoms with Gasteiger partial charge in [0.25, 0.3) is 0 Å². The van der Waals surface area contributed by atoms with Crippen LogP contribution in [-0.2, 0) is 16.1 Å². The van der Waals surface area contributed by atoms with Gasteiger partial charge < -0.3 is 10.1 Å². The Balaban J connectivity index is 1.64. The number of carbonyl (C=O) groups excluding carboxylic acids is 2. The number of fused-ring (bicyclic) bond motifs is 1. The fraction of sp³-hybridized carbons (Fsp3) is 0.704. The van der Waals surface area contributed by atoms with Gasteiger partial charge in [-0.1, -0.05) is 51.1 Å². The molecule has 1 saturated carbocycles. The van der Waals surface area contributed by atoms with Crippen molar-refractivity contribution in [3.63, 3.8) is 0 Å². The van der Waals surface area contributed by atoms with Crippen molar-refractivity contribution < 1.29 is 14.3 Å². The molecule has 2 amide bonds. The van der Waals surface area contributed by atoms with Crippen molar-refractivity contribution in [2.24, 2.45) is 17.3 Å². The highest BCUT2D eigenvalue weighted by molar-refractivity contribution is 5.86. The van der Waals surface area contributed by atoms with Gasteiger partial charge in [-0.05, 0) is 62.8 Å². The van der Waals surface area contributed by atoms with Crippen LogP contribution in [0.2, 0.25) is 0 Å². The van der Waals surface area contributed by atoms with Gasteiger partial charge in [0.05, 0.1) is 0 Å². The summed E-state index contributed by atoms with van der Waals surface area (Å²) >= 11 is 0. The van der Waals surface area contributed by atoms with Gasteiger partial charge in [0, 0.05) is 32.7 Å². The van der Waals surface area contributed by atoms with Crippen molar-refractivity contribution in [2.75, 3.05) is 20.1 Å². The van der Waals surface area contributed by atoms with Gasteiger partial charge in [-0.3, -0.25) is 14.6 Å². The zero-order chi connectivity index (χ0) is 24.4. The summed E-state index contributed by atoms with van der Waals surface area (Å²) in [5, 5.41) is 3.34. The summed E-state index contributed by atoms with van der Waals surface area (Å²) in [5.41, 5.74) is 0.636. The topological polar surface area (TPSA) is 61.9 Å². The molecule has 1 N–H and O–H groups in total. The zero-order valence-electron chi connectivity index (χ0n) is 21.6. The number of hydrogen-bond acceptors (Lipinski definition) is 4. The summed E-state index contributed by atoms with van der Waals surface area (Å²) < 4.78 is 5.56. The lowest BCUT2D eigenvalue weighted by atomic mass is 9.87. The van der Waals surface area contributed by atoms with Crippen LogP contribution in [0.5, 0.6) is 0 Å². The second-order valence-corrected chi connectivity index (χ2v) is 12.2. The summed E-state index contributed by atoms with van der Waals surface area (Å²) in [7, 11) is 1.68. The Morgan fingerprint density at radius 1 is 1.09 bits per heavy atom. The van der Waals surface area contributed by atoms with E-state index >= 15 is 0 Å². The predicted molar refractivity (Wildman–Crippen MR) is 132 cm³/mol. The van der Waals surface area contributed by atoms with Crippen molar-refractivity contribution in [3.05, 3.63) is 35.9 Å². The van der Waals surface area contributed by atoms with Crippen molar-refractivity contribution in [1.29, 1.82) is 0 Å². The van der Waals surface area contributed by atoms with Crippen LogP contribution in [0.15, 0.2) is 30.3 Å². The molecule has 2 fully saturated rings. The Hall–Kier alpha value is -2.08. The Morgan fingerprint density at radius 3 is 2.36 bits per heavy atom. The molecule has 0 radical (unpaired) electrons. The Kier molecular flexibility index (Phi) is 7.77. The van der Waals surface area contributed by atoms with E-state index in [4.69, 9.17) is 4.74 Å². The molecule has 2 aliphatic rings. The molecular formula is C27H43N3O3. The third-order valence-corrected chi connectivity index (χ3v) is 6.77. The van der Waals surface area contributed by atoms with Crippen molar-refractivity contribution in [2.45, 2.75) is 85.0 Å². The van der Waals surface area contributed by atoms with E-state index in [1.54, 1.807) is 7.05 Å². The minimum Gasteiger partial charge on any atom is -0.444 e. The molecule has 1 aromatic rings. The van der Waals surface area contributed by atoms with Crippen molar-refractivity contribution in [3.8, 4) is 0 Å². The first-order chi connectivity index (χ1) is 15.3. The van der Waals surface area contributed by atoms with Crippen LogP contribution in [0.3, 0.4) is 0 Å². The highest BCUT2D eigenvalue weighted by atomic mass is 16.6. The second kappa shape index (κ2) is 10.0. The largest absolute Gasteiger partial charge is 0.444 e. The van der Waals surface area contributed by atoms with Crippen LogP contribution < -0.4 is 5.32 Å². The van der Waals surface area contributed by atoms with E-state index in [2.05, 4.69) is 61.3 Å². The summed E-state index contributed by atoms with van der Waals surface area (Å²) in [6.07, 6.45) is 2.28. The van der Waals surface area contributed by atoms with E-state index < -0.39 is 17.7 Å². The minimum absolute atomic E-state index is 0.0644. The van der Waals surface area contributed by atoms with Gasteiger partial charge in [-0.2, -0.15) is 0 Å². The monoisotopic (exact) mass is 457 g/mol. The number of nitrogens with one attached hydrogen (secondary N) is 1. The number of likely N-dealkylation sites (tertiary alicyclic amines) is 1. The molecule has 4 atom stereocenters. The maximum absolute atomic E-state index is 13.5. The number of rotatable bonds is 6. The molecule has 1 aliphatic carbocycles. The number of benzene rings is 1. The maximum Gasteiger partial charge on any atom is 0.410 e. The van der Waals surface area contributed by atoms with Crippen LogP contribution in [0.25, 0.3) is 0 Å². The van der Waals surface area contributed by atoms with Gasteiger partial charge >= 0.3 is 6.09 Å². The number of likely N-dealkylation sites (N-methyl/N-ethyl adjacent to an activating group) is 1. The molecule has 0 bridgehead atoms. The van der Waals surface area contributed by atoms with Crippen LogP contribution in [0.4, 0.5) is 4.79 Å². The molecule has 6 heteroatoms. The van der Waals surface area contributed by atoms with Gasteiger partial charge in [0.15, 0.2) is 0 Å². The lowest BCUT2D eigenvalue weighted by Gasteiger charge is -2.34. The van der Waals surface area contributed by atoms with E-state index in [1.165, 1.54) is 10.5 Å². The van der Waals surface area contributed by atoms with Crippen LogP contribution in [0.1, 0.15) is 66.4 Å². The third kappa shape index (κ3) is 7.20. The van der Waals surface area contributed by atoms with Gasteiger partial charge in [-0.15, -0.1) is 0 Å². The van der Waals surface area contributed by atoms with Crippen LogP contribution in [0, 0.1) is 17.3 Å². The molecule has 33 heavy (non-hydrogen) atoms. The van der Waals surface area contributed by atoms with Gasteiger partial charge in [-0.25, -0.2) is 4.79 Å². The lowest BCUT2D eigenvalue weighted by molar-refractivity contribution is -0.128. The number of amides is 2. The molecule has 184 valence electrons. The first-order valence-electron chi connectivity index (χ1n) is 12.3. The standard InChI is InChI=1S/C27H43N3O3/c1-26(2,3)15-23(29(7)25(32)33-27(4,5)6)24(31)28-22-14-13-20-17-30(18-21(20)22)16-19-11-9-8-10-12-19/h8-12,20-23H,13-18H2,1-7H3,(H,28,31)/t20-,21+,22+,23+/m1/s1. The first-order valence-corrected chi connectivity index (χ1v) is 12.3. The Bertz CT molecular complexity index is 812. The number of nitrogens with zero attached hydrogens (tertiary/aromatic N) is 2. The summed E-state index contributed by atoms with van der Waals surface area (Å²) in [6, 6.07) is 10.2. The van der Waals surface area contributed by atoms with Crippen LogP contribution in [-0.4, -0.2) is 59.6 Å². The predicted octanol–water partition coefficient (Wildman–Crippen LogP) is 4.68. The van der Waals surface area contributed by atoms with E-state index in [-0.39, 0.29) is 17.4 Å². The molecule has 0 spiro atoms. The minimum atomic E-state index is -0.598. The molecule has 1 heterocycles. The molecule has 3 rings (SSSR count). The molecule has 1 saturated heterocycles. The van der Waals surface area contributed by atoms with Crippen LogP contribution >= 0.6 is 0 Å². The maximum atomic E-state index is 13.5. The first kappa shape index (κ1) is 25.5. The van der Waals surface area contributed by atoms with E-state index in [1.807, 2.05) is 20.8 Å². The Morgan fingerprint density at radius 2 is 1.76 bits per heavy atom. The van der Waals surface area contributed by atoms with E-state index in [0.29, 0.717) is 18.3 Å². The number of carbonyl (C=O) groups is 2. The Labute approximate surface area is 200 Å². The average molecular weight is 458 g/mol. The van der Waals surface area contributed by atoms with E-state index in [9.17, 15) is 9.59 Å². The lowest BCUT2D eigenvalue weighted by Crippen LogP contribution is -2.53. The normalized spacial score (nSPS) is 24.3. The summed E-state index contributed by atoms with van der Waals surface area (Å²) in [4.78, 5) is 30.2. The van der Waals surface area contributed by atoms with Gasteiger partial charge in [0.1, 0.15) is 11.6 Å². The molecule has 1 aliphatic heterocycles. The third-order valence-electron chi connectivity index (χ3n) is 6.77. The molecule has 6 nitrogen and oxygen atoms in total. The molecule has 0 unspecified atom stereocenters. The van der Waals surface area contributed by atoms with E-state index in [0.717, 1.165) is 32.5 Å². The van der Waals surface area contributed by atoms with Crippen molar-refractivity contribution >= 4 is 12.0 Å². The smallest absolute Gasteiger partial charge is 0.410 e. The highest BCUT2D eigenvalue weighted by Crippen LogP contribution is 2.39. The summed E-state index contributed by atoms with van der Waals surface area (Å²) in [6.45, 7) is 14.9. The molecule has 0 aromatic heterocycles. The average Bonchev–Trinajstić information content (AvgIpc) is 3.25. The fourth-order valence-corrected chi connectivity index (χ4v) is 5.23.